The number of fused-ring (bicyclic) bond motifs is 3. The van der Waals surface area contributed by atoms with Crippen molar-refractivity contribution in [3.8, 4) is 0 Å². The Balaban J connectivity index is 1.89. The number of hydrogen-bond donors (Lipinski definition) is 1. The minimum absolute atomic E-state index is 0.0465. The monoisotopic (exact) mass is 290 g/mol. The van der Waals surface area contributed by atoms with E-state index >= 15 is 0 Å². The van der Waals surface area contributed by atoms with Gasteiger partial charge in [0.2, 0.25) is 5.90 Å². The summed E-state index contributed by atoms with van der Waals surface area (Å²) in [5, 5.41) is 3.44. The second-order valence-electron chi connectivity index (χ2n) is 5.03. The summed E-state index contributed by atoms with van der Waals surface area (Å²) in [6, 6.07) is 0. The van der Waals surface area contributed by atoms with Gasteiger partial charge in [-0.05, 0) is 37.0 Å². The van der Waals surface area contributed by atoms with Gasteiger partial charge in [-0.3, -0.25) is 9.69 Å². The van der Waals surface area contributed by atoms with Crippen molar-refractivity contribution in [3.05, 3.63) is 0 Å². The molecule has 3 rings (SSSR count). The topological polar surface area (TPSA) is 88.4 Å². The normalized spacial score (nSPS) is 33.6. The zero-order valence-corrected chi connectivity index (χ0v) is 12.0. The average Bonchev–Trinajstić information content (AvgIpc) is 2.38. The van der Waals surface area contributed by atoms with Gasteiger partial charge in [0.25, 0.3) is 5.52 Å². The van der Waals surface area contributed by atoms with Gasteiger partial charge in [0.15, 0.2) is 0 Å². The van der Waals surface area contributed by atoms with Gasteiger partial charge in [-0.25, -0.2) is 4.57 Å². The quantitative estimate of drug-likeness (QED) is 0.362. The molecule has 2 atom stereocenters. The van der Waals surface area contributed by atoms with Gasteiger partial charge >= 0.3 is 7.60 Å². The van der Waals surface area contributed by atoms with Crippen LogP contribution in [0.2, 0.25) is 0 Å². The summed E-state index contributed by atoms with van der Waals surface area (Å²) in [5.74, 6) is 0.679. The van der Waals surface area contributed by atoms with Gasteiger partial charge in [-0.2, -0.15) is 0 Å². The van der Waals surface area contributed by atoms with Crippen molar-refractivity contribution in [2.24, 2.45) is 11.1 Å². The third-order valence-electron chi connectivity index (χ3n) is 3.60. The van der Waals surface area contributed by atoms with E-state index in [9.17, 15) is 9.36 Å². The van der Waals surface area contributed by atoms with Crippen LogP contribution in [0.25, 0.3) is 0 Å². The first-order chi connectivity index (χ1) is 8.88. The van der Waals surface area contributed by atoms with Gasteiger partial charge in [0.05, 0.1) is 0 Å². The summed E-state index contributed by atoms with van der Waals surface area (Å²) in [6.07, 6.45) is 2.25. The van der Waals surface area contributed by atoms with E-state index in [1.54, 1.807) is 6.92 Å². The fraction of sp³-hybridized carbons (Fsp3) is 0.818. The highest BCUT2D eigenvalue weighted by molar-refractivity contribution is 7.70. The Kier molecular flexibility index (Phi) is 4.28. The molecule has 7 nitrogen and oxygen atoms in total. The van der Waals surface area contributed by atoms with Crippen LogP contribution in [0.3, 0.4) is 0 Å². The average molecular weight is 290 g/mol. The van der Waals surface area contributed by atoms with Gasteiger partial charge in [-0.15, -0.1) is 0 Å². The first-order valence-electron chi connectivity index (χ1n) is 6.35. The second-order valence-corrected chi connectivity index (χ2v) is 6.86. The van der Waals surface area contributed by atoms with E-state index in [4.69, 9.17) is 9.63 Å². The molecule has 0 radical (unpaired) electrons. The number of ether oxygens (including phenoxy) is 1. The first-order valence-corrected chi connectivity index (χ1v) is 7.92. The SMILES string of the molecule is CC(=O)P(=O)(O)ON=C(C)OC1CN2CCC1CC2. The number of oxime groups is 1. The molecule has 19 heavy (non-hydrogen) atoms. The lowest BCUT2D eigenvalue weighted by molar-refractivity contribution is -0.111. The van der Waals surface area contributed by atoms with Crippen LogP contribution in [-0.2, 0) is 18.7 Å². The van der Waals surface area contributed by atoms with Crippen molar-refractivity contribution in [1.29, 1.82) is 0 Å². The van der Waals surface area contributed by atoms with Gasteiger partial charge < -0.3 is 14.3 Å². The fourth-order valence-electron chi connectivity index (χ4n) is 2.46. The third-order valence-corrected chi connectivity index (χ3v) is 4.69. The highest BCUT2D eigenvalue weighted by atomic mass is 31.2. The van der Waals surface area contributed by atoms with Crippen molar-refractivity contribution in [2.75, 3.05) is 19.6 Å². The molecule has 1 N–H and O–H groups in total. The molecule has 0 amide bonds. The summed E-state index contributed by atoms with van der Waals surface area (Å²) >= 11 is 0. The van der Waals surface area contributed by atoms with Crippen LogP contribution in [0.4, 0.5) is 0 Å². The smallest absolute Gasteiger partial charge is 0.463 e. The number of rotatable bonds is 4. The molecule has 3 heterocycles. The molecule has 0 spiro atoms. The maximum absolute atomic E-state index is 11.3. The second kappa shape index (κ2) is 5.61. The molecule has 108 valence electrons. The van der Waals surface area contributed by atoms with E-state index in [1.807, 2.05) is 0 Å². The van der Waals surface area contributed by atoms with Crippen molar-refractivity contribution in [1.82, 2.24) is 4.90 Å². The van der Waals surface area contributed by atoms with Crippen molar-refractivity contribution in [2.45, 2.75) is 32.8 Å². The van der Waals surface area contributed by atoms with Gasteiger partial charge in [0.1, 0.15) is 6.10 Å². The lowest BCUT2D eigenvalue weighted by Crippen LogP contribution is -2.51. The van der Waals surface area contributed by atoms with Crippen LogP contribution in [0.5, 0.6) is 0 Å². The number of piperidine rings is 3. The fourth-order valence-corrected chi connectivity index (χ4v) is 2.80. The van der Waals surface area contributed by atoms with E-state index in [0.29, 0.717) is 5.92 Å². The Morgan fingerprint density at radius 2 is 2.00 bits per heavy atom. The third kappa shape index (κ3) is 3.55. The molecule has 8 heteroatoms. The van der Waals surface area contributed by atoms with Crippen LogP contribution in [0, 0.1) is 5.92 Å². The molecule has 2 bridgehead atoms. The van der Waals surface area contributed by atoms with E-state index < -0.39 is 13.1 Å². The molecule has 0 aromatic carbocycles. The van der Waals surface area contributed by atoms with Crippen molar-refractivity contribution < 1.29 is 23.6 Å². The van der Waals surface area contributed by atoms with Crippen LogP contribution in [0.15, 0.2) is 5.16 Å². The Labute approximate surface area is 112 Å². The molecule has 0 saturated carbocycles. The molecule has 3 aliphatic rings. The van der Waals surface area contributed by atoms with E-state index in [0.717, 1.165) is 39.4 Å². The van der Waals surface area contributed by atoms with Crippen LogP contribution >= 0.6 is 7.60 Å². The van der Waals surface area contributed by atoms with Crippen molar-refractivity contribution >= 4 is 19.0 Å². The Bertz CT molecular complexity index is 431. The summed E-state index contributed by atoms with van der Waals surface area (Å²) in [7, 11) is -4.30. The first kappa shape index (κ1) is 14.5. The Hall–Kier alpha value is -0.910. The van der Waals surface area contributed by atoms with Gasteiger partial charge in [-0.1, -0.05) is 0 Å². The zero-order chi connectivity index (χ0) is 14.0. The summed E-state index contributed by atoms with van der Waals surface area (Å²) in [6.45, 7) is 5.60. The van der Waals surface area contributed by atoms with E-state index in [1.165, 1.54) is 0 Å². The highest BCUT2D eigenvalue weighted by Crippen LogP contribution is 2.42. The number of hydrogen-bond acceptors (Lipinski definition) is 6. The molecule has 3 aliphatic heterocycles. The maximum Gasteiger partial charge on any atom is 0.463 e. The Morgan fingerprint density at radius 3 is 2.47 bits per heavy atom. The van der Waals surface area contributed by atoms with E-state index in [2.05, 4.69) is 14.7 Å². The zero-order valence-electron chi connectivity index (χ0n) is 11.1. The van der Waals surface area contributed by atoms with Gasteiger partial charge in [0, 0.05) is 20.4 Å². The summed E-state index contributed by atoms with van der Waals surface area (Å²) in [5.41, 5.74) is -0.938. The molecule has 2 unspecified atom stereocenters. The van der Waals surface area contributed by atoms with E-state index in [-0.39, 0.29) is 12.0 Å². The molecule has 3 saturated heterocycles. The standard InChI is InChI=1S/C11H19N2O5P/c1-8(12-18-19(15,16)9(2)14)17-11-7-13-5-3-10(11)4-6-13/h10-11H,3-7H2,1-2H3,(H,15,16). The van der Waals surface area contributed by atoms with Crippen LogP contribution in [-0.4, -0.2) is 47.0 Å². The predicted octanol–water partition coefficient (Wildman–Crippen LogP) is 1.18. The summed E-state index contributed by atoms with van der Waals surface area (Å²) in [4.78, 5) is 22.3. The molecule has 0 aromatic rings. The highest BCUT2D eigenvalue weighted by Gasteiger charge is 2.36. The summed E-state index contributed by atoms with van der Waals surface area (Å²) < 4.78 is 21.3. The predicted molar refractivity (Wildman–Crippen MR) is 68.7 cm³/mol. The van der Waals surface area contributed by atoms with Crippen LogP contribution in [0.1, 0.15) is 26.7 Å². The minimum atomic E-state index is -4.30. The number of nitrogens with zero attached hydrogens (tertiary/aromatic N) is 2. The molecular formula is C11H19N2O5P. The minimum Gasteiger partial charge on any atom is -0.474 e. The largest absolute Gasteiger partial charge is 0.474 e. The lowest BCUT2D eigenvalue weighted by Gasteiger charge is -2.44. The number of carbonyl (C=O) groups excluding carboxylic acids is 1. The Morgan fingerprint density at radius 1 is 1.37 bits per heavy atom. The molecular weight excluding hydrogens is 271 g/mol. The lowest BCUT2D eigenvalue weighted by atomic mass is 9.86. The van der Waals surface area contributed by atoms with Crippen LogP contribution < -0.4 is 0 Å². The molecule has 3 fully saturated rings. The number of carbonyl (C=O) groups is 1. The maximum atomic E-state index is 11.3. The molecule has 0 aliphatic carbocycles. The van der Waals surface area contributed by atoms with Crippen molar-refractivity contribution in [3.63, 3.8) is 0 Å². The molecule has 0 aromatic heterocycles.